The third-order valence-corrected chi connectivity index (χ3v) is 3.07. The Labute approximate surface area is 111 Å². The summed E-state index contributed by atoms with van der Waals surface area (Å²) in [7, 11) is 1.73. The van der Waals surface area contributed by atoms with Crippen molar-refractivity contribution in [1.82, 2.24) is 0 Å². The molecule has 0 saturated heterocycles. The molecule has 0 heterocycles. The molecule has 0 amide bonds. The van der Waals surface area contributed by atoms with Crippen LogP contribution in [0.4, 0.5) is 20.2 Å². The number of nitrogens with zero attached hydrogens (tertiary/aromatic N) is 1. The number of anilines is 2. The molecule has 1 atom stereocenters. The Kier molecular flexibility index (Phi) is 3.81. The van der Waals surface area contributed by atoms with Crippen LogP contribution >= 0.6 is 0 Å². The van der Waals surface area contributed by atoms with Crippen molar-refractivity contribution in [2.24, 2.45) is 5.73 Å². The quantitative estimate of drug-likeness (QED) is 0.912. The van der Waals surface area contributed by atoms with E-state index in [4.69, 9.17) is 5.73 Å². The largest absolute Gasteiger partial charge is 0.342 e. The fourth-order valence-corrected chi connectivity index (χ4v) is 1.88. The zero-order valence-corrected chi connectivity index (χ0v) is 10.9. The molecule has 0 aliphatic rings. The van der Waals surface area contributed by atoms with Gasteiger partial charge in [-0.15, -0.1) is 0 Å². The molecular weight excluding hydrogens is 246 g/mol. The molecule has 2 N–H and O–H groups in total. The van der Waals surface area contributed by atoms with Crippen molar-refractivity contribution in [1.29, 1.82) is 0 Å². The summed E-state index contributed by atoms with van der Waals surface area (Å²) in [6, 6.07) is 10.6. The normalized spacial score (nSPS) is 12.3. The summed E-state index contributed by atoms with van der Waals surface area (Å²) in [4.78, 5) is 1.67. The molecule has 0 bridgehead atoms. The summed E-state index contributed by atoms with van der Waals surface area (Å²) in [5.41, 5.74) is 7.60. The fourth-order valence-electron chi connectivity index (χ4n) is 1.88. The molecule has 0 spiro atoms. The number of hydrogen-bond donors (Lipinski definition) is 1. The van der Waals surface area contributed by atoms with Gasteiger partial charge in [0.2, 0.25) is 0 Å². The van der Waals surface area contributed by atoms with Crippen molar-refractivity contribution in [3.63, 3.8) is 0 Å². The predicted octanol–water partition coefficient (Wildman–Crippen LogP) is 3.75. The molecule has 100 valence electrons. The van der Waals surface area contributed by atoms with E-state index in [0.717, 1.165) is 5.56 Å². The topological polar surface area (TPSA) is 29.3 Å². The van der Waals surface area contributed by atoms with E-state index in [1.54, 1.807) is 43.1 Å². The van der Waals surface area contributed by atoms with Crippen molar-refractivity contribution in [3.8, 4) is 0 Å². The molecule has 4 heteroatoms. The Hall–Kier alpha value is -1.94. The van der Waals surface area contributed by atoms with Crippen LogP contribution in [0.3, 0.4) is 0 Å². The summed E-state index contributed by atoms with van der Waals surface area (Å²) in [6.07, 6.45) is 0. The average Bonchev–Trinajstić information content (AvgIpc) is 2.38. The molecule has 0 radical (unpaired) electrons. The zero-order valence-electron chi connectivity index (χ0n) is 10.9. The summed E-state index contributed by atoms with van der Waals surface area (Å²) >= 11 is 0. The van der Waals surface area contributed by atoms with Gasteiger partial charge < -0.3 is 10.6 Å². The van der Waals surface area contributed by atoms with Crippen LogP contribution < -0.4 is 10.6 Å². The molecular formula is C15H16F2N2. The highest BCUT2D eigenvalue weighted by molar-refractivity contribution is 5.63. The first-order chi connectivity index (χ1) is 8.99. The lowest BCUT2D eigenvalue weighted by molar-refractivity contribution is 0.621. The highest BCUT2D eigenvalue weighted by Crippen LogP contribution is 2.28. The van der Waals surface area contributed by atoms with Crippen LogP contribution in [0.5, 0.6) is 0 Å². The Morgan fingerprint density at radius 3 is 2.21 bits per heavy atom. The van der Waals surface area contributed by atoms with Gasteiger partial charge in [-0.3, -0.25) is 0 Å². The summed E-state index contributed by atoms with van der Waals surface area (Å²) in [5.74, 6) is -0.661. The maximum absolute atomic E-state index is 14.1. The molecule has 0 aliphatic carbocycles. The average molecular weight is 262 g/mol. The maximum Gasteiger partial charge on any atom is 0.147 e. The van der Waals surface area contributed by atoms with Crippen molar-refractivity contribution < 1.29 is 8.78 Å². The lowest BCUT2D eigenvalue weighted by Gasteiger charge is -2.21. The molecule has 0 fully saturated rings. The van der Waals surface area contributed by atoms with Gasteiger partial charge in [0, 0.05) is 18.8 Å². The minimum Gasteiger partial charge on any atom is -0.342 e. The van der Waals surface area contributed by atoms with E-state index < -0.39 is 0 Å². The van der Waals surface area contributed by atoms with Crippen molar-refractivity contribution in [3.05, 3.63) is 59.7 Å². The summed E-state index contributed by atoms with van der Waals surface area (Å²) in [5, 5.41) is 0. The van der Waals surface area contributed by atoms with E-state index in [-0.39, 0.29) is 17.7 Å². The predicted molar refractivity (Wildman–Crippen MR) is 73.5 cm³/mol. The third-order valence-electron chi connectivity index (χ3n) is 3.07. The molecule has 0 unspecified atom stereocenters. The summed E-state index contributed by atoms with van der Waals surface area (Å²) < 4.78 is 26.9. The zero-order chi connectivity index (χ0) is 14.0. The first-order valence-electron chi connectivity index (χ1n) is 6.03. The van der Waals surface area contributed by atoms with Crippen LogP contribution in [-0.2, 0) is 0 Å². The second-order valence-corrected chi connectivity index (χ2v) is 4.53. The molecule has 2 aromatic carbocycles. The van der Waals surface area contributed by atoms with Gasteiger partial charge in [0.05, 0.1) is 5.69 Å². The molecule has 0 aromatic heterocycles. The Morgan fingerprint density at radius 2 is 1.68 bits per heavy atom. The van der Waals surface area contributed by atoms with Gasteiger partial charge in [-0.1, -0.05) is 6.07 Å². The SMILES string of the molecule is C[C@H](N)c1ccc(N(C)c2ccc(F)cc2)c(F)c1. The van der Waals surface area contributed by atoms with Crippen LogP contribution in [0.2, 0.25) is 0 Å². The van der Waals surface area contributed by atoms with E-state index in [9.17, 15) is 8.78 Å². The van der Waals surface area contributed by atoms with Crippen LogP contribution in [0.15, 0.2) is 42.5 Å². The molecule has 2 rings (SSSR count). The van der Waals surface area contributed by atoms with Gasteiger partial charge in [0.25, 0.3) is 0 Å². The van der Waals surface area contributed by atoms with Gasteiger partial charge >= 0.3 is 0 Å². The van der Waals surface area contributed by atoms with Crippen molar-refractivity contribution in [2.75, 3.05) is 11.9 Å². The lowest BCUT2D eigenvalue weighted by Crippen LogP contribution is -2.12. The summed E-state index contributed by atoms with van der Waals surface area (Å²) in [6.45, 7) is 1.80. The Bertz CT molecular complexity index is 565. The van der Waals surface area contributed by atoms with Gasteiger partial charge in [0.15, 0.2) is 0 Å². The van der Waals surface area contributed by atoms with Crippen molar-refractivity contribution >= 4 is 11.4 Å². The van der Waals surface area contributed by atoms with E-state index in [0.29, 0.717) is 11.4 Å². The highest BCUT2D eigenvalue weighted by Gasteiger charge is 2.11. The third kappa shape index (κ3) is 2.90. The van der Waals surface area contributed by atoms with Crippen molar-refractivity contribution in [2.45, 2.75) is 13.0 Å². The molecule has 2 aromatic rings. The number of nitrogens with two attached hydrogens (primary N) is 1. The van der Waals surface area contributed by atoms with Gasteiger partial charge in [0.1, 0.15) is 11.6 Å². The second kappa shape index (κ2) is 5.36. The van der Waals surface area contributed by atoms with E-state index in [1.807, 2.05) is 0 Å². The maximum atomic E-state index is 14.1. The van der Waals surface area contributed by atoms with Gasteiger partial charge in [-0.2, -0.15) is 0 Å². The van der Waals surface area contributed by atoms with Crippen LogP contribution in [0.1, 0.15) is 18.5 Å². The molecule has 0 aliphatic heterocycles. The smallest absolute Gasteiger partial charge is 0.147 e. The van der Waals surface area contributed by atoms with E-state index in [1.165, 1.54) is 18.2 Å². The second-order valence-electron chi connectivity index (χ2n) is 4.53. The highest BCUT2D eigenvalue weighted by atomic mass is 19.1. The van der Waals surface area contributed by atoms with E-state index in [2.05, 4.69) is 0 Å². The first kappa shape index (κ1) is 13.5. The monoisotopic (exact) mass is 262 g/mol. The standard InChI is InChI=1S/C15H16F2N2/c1-10(18)11-3-8-15(14(17)9-11)19(2)13-6-4-12(16)5-7-13/h3-10H,18H2,1-2H3/t10-/m0/s1. The van der Waals surface area contributed by atoms with Crippen LogP contribution in [0.25, 0.3) is 0 Å². The van der Waals surface area contributed by atoms with Gasteiger partial charge in [-0.05, 0) is 48.9 Å². The number of rotatable bonds is 3. The van der Waals surface area contributed by atoms with Crippen LogP contribution in [0, 0.1) is 11.6 Å². The lowest BCUT2D eigenvalue weighted by atomic mass is 10.1. The minimum absolute atomic E-state index is 0.209. The minimum atomic E-state index is -0.346. The first-order valence-corrected chi connectivity index (χ1v) is 6.03. The number of halogens is 2. The van der Waals surface area contributed by atoms with Gasteiger partial charge in [-0.25, -0.2) is 8.78 Å². The molecule has 19 heavy (non-hydrogen) atoms. The number of benzene rings is 2. The Balaban J connectivity index is 2.33. The number of hydrogen-bond acceptors (Lipinski definition) is 2. The Morgan fingerprint density at radius 1 is 1.05 bits per heavy atom. The fraction of sp³-hybridized carbons (Fsp3) is 0.200. The van der Waals surface area contributed by atoms with E-state index >= 15 is 0 Å². The molecule has 0 saturated carbocycles. The molecule has 2 nitrogen and oxygen atoms in total. The van der Waals surface area contributed by atoms with Crippen LogP contribution in [-0.4, -0.2) is 7.05 Å².